The van der Waals surface area contributed by atoms with Gasteiger partial charge in [0.1, 0.15) is 0 Å². The highest BCUT2D eigenvalue weighted by atomic mass is 19.4. The van der Waals surface area contributed by atoms with Crippen molar-refractivity contribution in [3.8, 4) is 11.5 Å². The summed E-state index contributed by atoms with van der Waals surface area (Å²) in [6.07, 6.45) is -4.42. The Morgan fingerprint density at radius 1 is 1.08 bits per heavy atom. The van der Waals surface area contributed by atoms with Gasteiger partial charge in [0.25, 0.3) is 0 Å². The number of benzene rings is 2. The molecule has 0 aliphatic carbocycles. The van der Waals surface area contributed by atoms with Crippen molar-refractivity contribution >= 4 is 11.6 Å². The Morgan fingerprint density at radius 2 is 1.88 bits per heavy atom. The maximum Gasteiger partial charge on any atom is 0.416 e. The van der Waals surface area contributed by atoms with Gasteiger partial charge in [-0.3, -0.25) is 4.79 Å². The molecule has 0 saturated carbocycles. The summed E-state index contributed by atoms with van der Waals surface area (Å²) in [4.78, 5) is 11.9. The van der Waals surface area contributed by atoms with Crippen molar-refractivity contribution in [1.82, 2.24) is 5.32 Å². The number of hydrogen-bond donors (Lipinski definition) is 2. The second-order valence-corrected chi connectivity index (χ2v) is 5.40. The Kier molecular flexibility index (Phi) is 4.69. The molecule has 25 heavy (non-hydrogen) atoms. The average molecular weight is 352 g/mol. The van der Waals surface area contributed by atoms with E-state index in [0.29, 0.717) is 11.5 Å². The number of amides is 1. The maximum absolute atomic E-state index is 12.6. The molecule has 8 heteroatoms. The third-order valence-corrected chi connectivity index (χ3v) is 3.57. The van der Waals surface area contributed by atoms with E-state index < -0.39 is 11.7 Å². The molecule has 1 amide bonds. The molecule has 0 spiro atoms. The van der Waals surface area contributed by atoms with Crippen LogP contribution in [0.5, 0.6) is 11.5 Å². The van der Waals surface area contributed by atoms with Crippen molar-refractivity contribution in [2.75, 3.05) is 18.7 Å². The lowest BCUT2D eigenvalue weighted by atomic mass is 10.2. The van der Waals surface area contributed by atoms with E-state index in [1.165, 1.54) is 12.1 Å². The number of nitrogens with one attached hydrogen (secondary N) is 2. The summed E-state index contributed by atoms with van der Waals surface area (Å²) in [5, 5.41) is 5.36. The molecule has 1 aliphatic heterocycles. The third-order valence-electron chi connectivity index (χ3n) is 3.57. The lowest BCUT2D eigenvalue weighted by Gasteiger charge is -2.11. The van der Waals surface area contributed by atoms with Gasteiger partial charge in [0.2, 0.25) is 12.7 Å². The zero-order valence-corrected chi connectivity index (χ0v) is 13.0. The molecule has 2 aromatic rings. The molecule has 1 heterocycles. The smallest absolute Gasteiger partial charge is 0.416 e. The topological polar surface area (TPSA) is 59.6 Å². The zero-order valence-electron chi connectivity index (χ0n) is 13.0. The highest BCUT2D eigenvalue weighted by Crippen LogP contribution is 2.32. The molecule has 2 aromatic carbocycles. The largest absolute Gasteiger partial charge is 0.454 e. The van der Waals surface area contributed by atoms with Crippen LogP contribution in [0.25, 0.3) is 0 Å². The van der Waals surface area contributed by atoms with Crippen LogP contribution >= 0.6 is 0 Å². The summed E-state index contributed by atoms with van der Waals surface area (Å²) in [7, 11) is 0. The fourth-order valence-electron chi connectivity index (χ4n) is 2.30. The van der Waals surface area contributed by atoms with E-state index >= 15 is 0 Å². The zero-order chi connectivity index (χ0) is 17.9. The number of carbonyl (C=O) groups is 1. The van der Waals surface area contributed by atoms with Crippen molar-refractivity contribution in [3.63, 3.8) is 0 Å². The molecule has 0 aromatic heterocycles. The quantitative estimate of drug-likeness (QED) is 0.868. The number of halogens is 3. The first-order valence-electron chi connectivity index (χ1n) is 7.48. The predicted molar refractivity (Wildman–Crippen MR) is 84.3 cm³/mol. The molecular formula is C17H15F3N2O3. The van der Waals surface area contributed by atoms with Gasteiger partial charge in [-0.1, -0.05) is 12.1 Å². The lowest BCUT2D eigenvalue weighted by Crippen LogP contribution is -2.29. The Bertz CT molecular complexity index is 778. The number of fused-ring (bicyclic) bond motifs is 1. The summed E-state index contributed by atoms with van der Waals surface area (Å²) < 4.78 is 48.4. The first kappa shape index (κ1) is 16.9. The first-order valence-corrected chi connectivity index (χ1v) is 7.48. The number of ether oxygens (including phenoxy) is 2. The van der Waals surface area contributed by atoms with Gasteiger partial charge >= 0.3 is 6.18 Å². The van der Waals surface area contributed by atoms with E-state index in [2.05, 4.69) is 10.6 Å². The summed E-state index contributed by atoms with van der Waals surface area (Å²) in [6.45, 7) is 0.317. The maximum atomic E-state index is 12.6. The van der Waals surface area contributed by atoms with Crippen LogP contribution in [-0.2, 0) is 17.5 Å². The Balaban J connectivity index is 1.50. The van der Waals surface area contributed by atoms with E-state index in [9.17, 15) is 18.0 Å². The standard InChI is InChI=1S/C17H15F3N2O3/c18-17(19,20)12-2-1-3-13(7-12)21-9-16(23)22-8-11-4-5-14-15(6-11)25-10-24-14/h1-7,21H,8-10H2,(H,22,23). The molecule has 0 radical (unpaired) electrons. The van der Waals surface area contributed by atoms with E-state index in [1.54, 1.807) is 18.2 Å². The summed E-state index contributed by atoms with van der Waals surface area (Å²) in [5.41, 5.74) is 0.294. The summed E-state index contributed by atoms with van der Waals surface area (Å²) in [5.74, 6) is 0.935. The number of alkyl halides is 3. The minimum absolute atomic E-state index is 0.133. The van der Waals surface area contributed by atoms with Crippen molar-refractivity contribution in [1.29, 1.82) is 0 Å². The van der Waals surface area contributed by atoms with Crippen LogP contribution in [-0.4, -0.2) is 19.2 Å². The number of anilines is 1. The van der Waals surface area contributed by atoms with Gasteiger partial charge in [-0.15, -0.1) is 0 Å². The molecule has 0 bridgehead atoms. The predicted octanol–water partition coefficient (Wildman–Crippen LogP) is 3.16. The van der Waals surface area contributed by atoms with Crippen molar-refractivity contribution < 1.29 is 27.4 Å². The fourth-order valence-corrected chi connectivity index (χ4v) is 2.30. The van der Waals surface area contributed by atoms with Crippen molar-refractivity contribution in [3.05, 3.63) is 53.6 Å². The van der Waals surface area contributed by atoms with Crippen LogP contribution in [0.15, 0.2) is 42.5 Å². The SMILES string of the molecule is O=C(CNc1cccc(C(F)(F)F)c1)NCc1ccc2c(c1)OCO2. The Labute approximate surface area is 141 Å². The van der Waals surface area contributed by atoms with Gasteiger partial charge in [0, 0.05) is 12.2 Å². The average Bonchev–Trinajstić information content (AvgIpc) is 3.05. The molecule has 0 atom stereocenters. The van der Waals surface area contributed by atoms with Gasteiger partial charge in [-0.25, -0.2) is 0 Å². The Hall–Kier alpha value is -2.90. The van der Waals surface area contributed by atoms with E-state index in [4.69, 9.17) is 9.47 Å². The van der Waals surface area contributed by atoms with E-state index in [1.807, 2.05) is 0 Å². The second kappa shape index (κ2) is 6.92. The molecule has 2 N–H and O–H groups in total. The number of hydrogen-bond acceptors (Lipinski definition) is 4. The summed E-state index contributed by atoms with van der Waals surface area (Å²) in [6, 6.07) is 10.0. The normalized spacial score (nSPS) is 12.8. The van der Waals surface area contributed by atoms with E-state index in [0.717, 1.165) is 17.7 Å². The van der Waals surface area contributed by atoms with Crippen LogP contribution < -0.4 is 20.1 Å². The molecule has 0 fully saturated rings. The summed E-state index contributed by atoms with van der Waals surface area (Å²) >= 11 is 0. The molecule has 0 unspecified atom stereocenters. The molecule has 132 valence electrons. The van der Waals surface area contributed by atoms with Crippen LogP contribution in [0.1, 0.15) is 11.1 Å². The number of carbonyl (C=O) groups excluding carboxylic acids is 1. The molecule has 5 nitrogen and oxygen atoms in total. The van der Waals surface area contributed by atoms with Gasteiger partial charge < -0.3 is 20.1 Å². The van der Waals surface area contributed by atoms with Crippen LogP contribution in [0, 0.1) is 0 Å². The number of rotatable bonds is 5. The van der Waals surface area contributed by atoms with Crippen LogP contribution in [0.4, 0.5) is 18.9 Å². The van der Waals surface area contributed by atoms with Crippen molar-refractivity contribution in [2.24, 2.45) is 0 Å². The van der Waals surface area contributed by atoms with E-state index in [-0.39, 0.29) is 31.5 Å². The van der Waals surface area contributed by atoms with Crippen molar-refractivity contribution in [2.45, 2.75) is 12.7 Å². The van der Waals surface area contributed by atoms with Crippen LogP contribution in [0.2, 0.25) is 0 Å². The lowest BCUT2D eigenvalue weighted by molar-refractivity contribution is -0.137. The van der Waals surface area contributed by atoms with Gasteiger partial charge in [-0.2, -0.15) is 13.2 Å². The van der Waals surface area contributed by atoms with Crippen LogP contribution in [0.3, 0.4) is 0 Å². The second-order valence-electron chi connectivity index (χ2n) is 5.40. The minimum Gasteiger partial charge on any atom is -0.454 e. The van der Waals surface area contributed by atoms with Gasteiger partial charge in [-0.05, 0) is 35.9 Å². The first-order chi connectivity index (χ1) is 11.9. The highest BCUT2D eigenvalue weighted by molar-refractivity contribution is 5.80. The highest BCUT2D eigenvalue weighted by Gasteiger charge is 2.30. The molecule has 3 rings (SSSR count). The van der Waals surface area contributed by atoms with Gasteiger partial charge in [0.05, 0.1) is 12.1 Å². The fraction of sp³-hybridized carbons (Fsp3) is 0.235. The molecule has 1 aliphatic rings. The Morgan fingerprint density at radius 3 is 2.68 bits per heavy atom. The molecule has 0 saturated heterocycles. The minimum atomic E-state index is -4.42. The third kappa shape index (κ3) is 4.34. The monoisotopic (exact) mass is 352 g/mol. The van der Waals surface area contributed by atoms with Gasteiger partial charge in [0.15, 0.2) is 11.5 Å². The molecular weight excluding hydrogens is 337 g/mol.